The minimum Gasteiger partial charge on any atom is -0.334 e. The summed E-state index contributed by atoms with van der Waals surface area (Å²) in [7, 11) is 0. The predicted molar refractivity (Wildman–Crippen MR) is 281 cm³/mol. The highest BCUT2D eigenvalue weighted by atomic mass is 32.1. The van der Waals surface area contributed by atoms with Crippen molar-refractivity contribution in [2.75, 3.05) is 14.7 Å². The maximum atomic E-state index is 2.78. The van der Waals surface area contributed by atoms with Gasteiger partial charge in [-0.1, -0.05) is 142 Å². The quantitative estimate of drug-likeness (QED) is 0.164. The van der Waals surface area contributed by atoms with Crippen LogP contribution in [0, 0.1) is 6.92 Å². The number of hydrogen-bond acceptors (Lipinski definition) is 4. The Kier molecular flexibility index (Phi) is 8.53. The zero-order chi connectivity index (χ0) is 45.2. The summed E-state index contributed by atoms with van der Waals surface area (Å²) in [5, 5.41) is 1.36. The molecule has 4 heterocycles. The van der Waals surface area contributed by atoms with Crippen molar-refractivity contribution in [2.24, 2.45) is 0 Å². The van der Waals surface area contributed by atoms with Crippen molar-refractivity contribution < 1.29 is 0 Å². The maximum Gasteiger partial charge on any atom is 0.253 e. The van der Waals surface area contributed by atoms with E-state index >= 15 is 0 Å². The lowest BCUT2D eigenvalue weighted by atomic mass is 9.32. The fraction of sp³-hybridized carbons (Fsp3) is 0.333. The molecule has 3 nitrogen and oxygen atoms in total. The van der Waals surface area contributed by atoms with Crippen molar-refractivity contribution >= 4 is 79.3 Å². The zero-order valence-corrected chi connectivity index (χ0v) is 41.1. The Labute approximate surface area is 392 Å². The third-order valence-electron chi connectivity index (χ3n) is 16.7. The van der Waals surface area contributed by atoms with Crippen molar-refractivity contribution in [2.45, 2.75) is 129 Å². The summed E-state index contributed by atoms with van der Waals surface area (Å²) in [5.74, 6) is 0. The molecule has 65 heavy (non-hydrogen) atoms. The second kappa shape index (κ2) is 13.5. The Morgan fingerprint density at radius 1 is 0.554 bits per heavy atom. The van der Waals surface area contributed by atoms with Crippen LogP contribution < -0.4 is 31.1 Å². The molecule has 1 saturated carbocycles. The molecule has 326 valence electrons. The lowest BCUT2D eigenvalue weighted by Gasteiger charge is -2.50. The van der Waals surface area contributed by atoms with Crippen LogP contribution in [-0.4, -0.2) is 12.3 Å². The number of fused-ring (bicyclic) bond motifs is 11. The van der Waals surface area contributed by atoms with E-state index in [1.54, 1.807) is 0 Å². The number of nitrogens with zero attached hydrogens (tertiary/aromatic N) is 3. The van der Waals surface area contributed by atoms with Gasteiger partial charge in [0.25, 0.3) is 6.71 Å². The average Bonchev–Trinajstić information content (AvgIpc) is 3.84. The summed E-state index contributed by atoms with van der Waals surface area (Å²) in [4.78, 5) is 9.52. The molecule has 1 fully saturated rings. The molecule has 5 aliphatic rings. The first-order valence-corrected chi connectivity index (χ1v) is 25.0. The third-order valence-corrected chi connectivity index (χ3v) is 18.0. The summed E-state index contributed by atoms with van der Waals surface area (Å²) in [6, 6.07) is 50.0. The first kappa shape index (κ1) is 41.0. The van der Waals surface area contributed by atoms with Gasteiger partial charge < -0.3 is 14.7 Å². The van der Waals surface area contributed by atoms with Crippen LogP contribution >= 0.6 is 11.3 Å². The molecular formula is C60H62BN3S. The first-order valence-electron chi connectivity index (χ1n) is 24.2. The molecule has 3 aliphatic heterocycles. The molecule has 12 rings (SSSR count). The van der Waals surface area contributed by atoms with Crippen LogP contribution in [-0.2, 0) is 21.7 Å². The Balaban J connectivity index is 1.21. The van der Waals surface area contributed by atoms with Gasteiger partial charge in [-0.15, -0.1) is 11.3 Å². The van der Waals surface area contributed by atoms with E-state index in [4.69, 9.17) is 0 Å². The molecule has 2 unspecified atom stereocenters. The van der Waals surface area contributed by atoms with Crippen molar-refractivity contribution in [1.29, 1.82) is 0 Å². The van der Waals surface area contributed by atoms with Crippen molar-refractivity contribution in [1.82, 2.24) is 0 Å². The molecule has 0 spiro atoms. The van der Waals surface area contributed by atoms with E-state index in [0.717, 1.165) is 0 Å². The number of thiophene rings is 1. The lowest BCUT2D eigenvalue weighted by Crippen LogP contribution is -2.62. The maximum absolute atomic E-state index is 2.78. The van der Waals surface area contributed by atoms with Gasteiger partial charge in [0.05, 0.1) is 10.5 Å². The summed E-state index contributed by atoms with van der Waals surface area (Å²) >= 11 is 2.02. The molecule has 2 atom stereocenters. The highest BCUT2D eigenvalue weighted by molar-refractivity contribution is 7.23. The third kappa shape index (κ3) is 5.54. The van der Waals surface area contributed by atoms with Crippen LogP contribution in [0.2, 0.25) is 0 Å². The number of para-hydroxylation sites is 1. The van der Waals surface area contributed by atoms with Crippen LogP contribution in [0.1, 0.15) is 128 Å². The summed E-state index contributed by atoms with van der Waals surface area (Å²) in [6.07, 6.45) is 4.85. The molecule has 0 saturated heterocycles. The molecule has 1 aromatic heterocycles. The smallest absolute Gasteiger partial charge is 0.253 e. The summed E-state index contributed by atoms with van der Waals surface area (Å²) in [5.41, 5.74) is 23.0. The lowest BCUT2D eigenvalue weighted by molar-refractivity contribution is 0.195. The van der Waals surface area contributed by atoms with Crippen LogP contribution in [0.5, 0.6) is 0 Å². The van der Waals surface area contributed by atoms with E-state index in [1.807, 2.05) is 11.3 Å². The van der Waals surface area contributed by atoms with E-state index in [2.05, 4.69) is 218 Å². The van der Waals surface area contributed by atoms with Crippen molar-refractivity contribution in [3.05, 3.63) is 161 Å². The first-order chi connectivity index (χ1) is 30.9. The summed E-state index contributed by atoms with van der Waals surface area (Å²) in [6.45, 7) is 26.4. The van der Waals surface area contributed by atoms with Gasteiger partial charge in [-0.05, 0) is 154 Å². The Hall–Kier alpha value is -5.52. The fourth-order valence-electron chi connectivity index (χ4n) is 13.1. The molecule has 0 N–H and O–H groups in total. The number of benzene rings is 6. The second-order valence-electron chi connectivity index (χ2n) is 23.0. The Morgan fingerprint density at radius 3 is 1.78 bits per heavy atom. The molecule has 0 amide bonds. The number of rotatable bonds is 3. The van der Waals surface area contributed by atoms with E-state index in [9.17, 15) is 0 Å². The minimum absolute atomic E-state index is 0.0216. The average molecular weight is 868 g/mol. The van der Waals surface area contributed by atoms with Crippen LogP contribution in [0.15, 0.2) is 127 Å². The number of anilines is 8. The molecule has 0 radical (unpaired) electrons. The van der Waals surface area contributed by atoms with Gasteiger partial charge in [0, 0.05) is 55.5 Å². The topological polar surface area (TPSA) is 9.72 Å². The molecular weight excluding hydrogens is 806 g/mol. The molecule has 7 aromatic rings. The van der Waals surface area contributed by atoms with Gasteiger partial charge in [-0.25, -0.2) is 0 Å². The largest absolute Gasteiger partial charge is 0.334 e. The van der Waals surface area contributed by atoms with Gasteiger partial charge in [-0.3, -0.25) is 0 Å². The van der Waals surface area contributed by atoms with Gasteiger partial charge in [-0.2, -0.15) is 0 Å². The SMILES string of the molecule is Cc1cc2c3c(c1)N(c1ccc(C(C)(C)C)cc1)c1sc4c(c1B3c1cc3c(cc1N2c1ccc(C(C)(C)C)cc1)C1(C)CCCCC1(C)N3c1ccccc1)C(C)(C)c1ccccc1-4. The molecule has 2 aliphatic carbocycles. The highest BCUT2D eigenvalue weighted by Crippen LogP contribution is 2.63. The Bertz CT molecular complexity index is 3090. The predicted octanol–water partition coefficient (Wildman–Crippen LogP) is 14.8. The van der Waals surface area contributed by atoms with Gasteiger partial charge >= 0.3 is 0 Å². The van der Waals surface area contributed by atoms with E-state index in [0.29, 0.717) is 0 Å². The number of aryl methyl sites for hydroxylation is 1. The van der Waals surface area contributed by atoms with Crippen LogP contribution in [0.4, 0.5) is 44.8 Å². The van der Waals surface area contributed by atoms with Gasteiger partial charge in [0.2, 0.25) is 0 Å². The van der Waals surface area contributed by atoms with E-state index in [-0.39, 0.29) is 33.9 Å². The van der Waals surface area contributed by atoms with E-state index < -0.39 is 0 Å². The Morgan fingerprint density at radius 2 is 1.14 bits per heavy atom. The van der Waals surface area contributed by atoms with Crippen LogP contribution in [0.25, 0.3) is 10.4 Å². The standard InChI is InChI=1S/C60H62BN3S/c1-37-33-49-52-50(34-37)63(41-29-25-39(26-30-41)57(5,6)7)55-53(51-54(65-55)43-21-15-16-22-44(43)58(51,8)9)61(52)46-36-47-45(35-48(46)62(49)40-27-23-38(24-28-40)56(2,3)4)59(10)31-17-18-32-60(59,11)64(47)42-19-13-12-14-20-42/h12-16,19-30,33-36H,17-18,31-32H2,1-11H3. The second-order valence-corrected chi connectivity index (χ2v) is 24.0. The molecule has 6 aromatic carbocycles. The van der Waals surface area contributed by atoms with Gasteiger partial charge in [0.1, 0.15) is 0 Å². The monoisotopic (exact) mass is 867 g/mol. The van der Waals surface area contributed by atoms with Crippen molar-refractivity contribution in [3.63, 3.8) is 0 Å². The normalized spacial score (nSPS) is 21.0. The van der Waals surface area contributed by atoms with Crippen molar-refractivity contribution in [3.8, 4) is 10.4 Å². The number of hydrogen-bond donors (Lipinski definition) is 0. The highest BCUT2D eigenvalue weighted by Gasteiger charge is 2.59. The molecule has 5 heteroatoms. The zero-order valence-electron chi connectivity index (χ0n) is 40.3. The van der Waals surface area contributed by atoms with Gasteiger partial charge in [0.15, 0.2) is 0 Å². The molecule has 0 bridgehead atoms. The van der Waals surface area contributed by atoms with Crippen LogP contribution in [0.3, 0.4) is 0 Å². The fourth-order valence-corrected chi connectivity index (χ4v) is 14.7. The van der Waals surface area contributed by atoms with E-state index in [1.165, 1.54) is 131 Å². The minimum atomic E-state index is -0.178. The summed E-state index contributed by atoms with van der Waals surface area (Å²) < 4.78 is 0.